The number of hydrogen-bond acceptors (Lipinski definition) is 2. The molecule has 0 aliphatic heterocycles. The minimum Gasteiger partial charge on any atom is -0.393 e. The number of aliphatic hydroxyl groups excluding tert-OH is 1. The van der Waals surface area contributed by atoms with E-state index in [2.05, 4.69) is 32.2 Å². The number of nitrogens with one attached hydrogen (secondary N) is 1. The third-order valence-corrected chi connectivity index (χ3v) is 6.50. The summed E-state index contributed by atoms with van der Waals surface area (Å²) in [5.74, 6) is -0.466. The van der Waals surface area contributed by atoms with Gasteiger partial charge in [0.1, 0.15) is 5.83 Å². The van der Waals surface area contributed by atoms with Crippen molar-refractivity contribution >= 4 is 11.7 Å². The highest BCUT2D eigenvalue weighted by Gasteiger charge is 2.26. The minimum atomic E-state index is -0.390. The fourth-order valence-electron chi connectivity index (χ4n) is 4.49. The van der Waals surface area contributed by atoms with Crippen molar-refractivity contribution < 1.29 is 14.3 Å². The van der Waals surface area contributed by atoms with E-state index in [4.69, 9.17) is 0 Å². The Kier molecular flexibility index (Phi) is 9.45. The lowest BCUT2D eigenvalue weighted by atomic mass is 9.72. The molecule has 0 heterocycles. The van der Waals surface area contributed by atoms with Crippen molar-refractivity contribution in [1.29, 1.82) is 0 Å². The highest BCUT2D eigenvalue weighted by molar-refractivity contribution is 5.94. The first kappa shape index (κ1) is 26.1. The zero-order valence-corrected chi connectivity index (χ0v) is 20.6. The van der Waals surface area contributed by atoms with Crippen LogP contribution >= 0.6 is 0 Å². The molecule has 0 fully saturated rings. The molecule has 1 aromatic carbocycles. The summed E-state index contributed by atoms with van der Waals surface area (Å²) in [5, 5.41) is 12.6. The zero-order valence-electron chi connectivity index (χ0n) is 20.6. The van der Waals surface area contributed by atoms with Gasteiger partial charge in [-0.05, 0) is 87.1 Å². The van der Waals surface area contributed by atoms with E-state index in [1.165, 1.54) is 17.6 Å². The Morgan fingerprint density at radius 1 is 1.28 bits per heavy atom. The van der Waals surface area contributed by atoms with Crippen LogP contribution in [-0.2, 0) is 0 Å². The van der Waals surface area contributed by atoms with E-state index in [0.29, 0.717) is 29.7 Å². The maximum atomic E-state index is 15.2. The van der Waals surface area contributed by atoms with Crippen molar-refractivity contribution in [1.82, 2.24) is 5.32 Å². The summed E-state index contributed by atoms with van der Waals surface area (Å²) in [4.78, 5) is 12.4. The summed E-state index contributed by atoms with van der Waals surface area (Å²) in [6.07, 6.45) is 9.21. The van der Waals surface area contributed by atoms with Crippen LogP contribution in [0.5, 0.6) is 0 Å². The maximum Gasteiger partial charge on any atom is 0.251 e. The van der Waals surface area contributed by atoms with Crippen LogP contribution in [0.1, 0.15) is 94.6 Å². The molecule has 3 nitrogen and oxygen atoms in total. The van der Waals surface area contributed by atoms with Crippen LogP contribution in [0.2, 0.25) is 0 Å². The van der Waals surface area contributed by atoms with E-state index < -0.39 is 6.10 Å². The van der Waals surface area contributed by atoms with E-state index in [-0.39, 0.29) is 17.1 Å². The number of allylic oxidation sites excluding steroid dienone is 5. The summed E-state index contributed by atoms with van der Waals surface area (Å²) in [5.41, 5.74) is 5.13. The van der Waals surface area contributed by atoms with Crippen LogP contribution < -0.4 is 5.32 Å². The number of carbonyl (C=O) groups excluding carboxylic acids is 1. The van der Waals surface area contributed by atoms with E-state index in [9.17, 15) is 9.90 Å². The lowest BCUT2D eigenvalue weighted by Crippen LogP contribution is -2.27. The monoisotopic (exact) mass is 441 g/mol. The zero-order chi connectivity index (χ0) is 23.9. The Hall–Kier alpha value is -2.20. The van der Waals surface area contributed by atoms with Crippen LogP contribution in [0.15, 0.2) is 47.1 Å². The normalized spacial score (nSPS) is 18.0. The second-order valence-corrected chi connectivity index (χ2v) is 9.78. The van der Waals surface area contributed by atoms with E-state index in [0.717, 1.165) is 31.2 Å². The number of amides is 1. The Morgan fingerprint density at radius 2 is 2.00 bits per heavy atom. The van der Waals surface area contributed by atoms with Crippen LogP contribution in [0, 0.1) is 12.3 Å². The second kappa shape index (κ2) is 11.6. The van der Waals surface area contributed by atoms with Crippen molar-refractivity contribution in [3.05, 3.63) is 63.8 Å². The molecule has 1 aliphatic carbocycles. The number of hydrogen-bond donors (Lipinski definition) is 2. The first-order valence-corrected chi connectivity index (χ1v) is 11.9. The molecule has 0 aromatic heterocycles. The largest absolute Gasteiger partial charge is 0.393 e. The number of aliphatic hydroxyl groups is 1. The van der Waals surface area contributed by atoms with Gasteiger partial charge < -0.3 is 10.4 Å². The molecule has 2 rings (SSSR count). The molecule has 0 radical (unpaired) electrons. The van der Waals surface area contributed by atoms with Crippen LogP contribution in [0.25, 0.3) is 5.83 Å². The fourth-order valence-corrected chi connectivity index (χ4v) is 4.49. The fraction of sp³-hybridized carbons (Fsp3) is 0.536. The molecular formula is C28H40FNO2. The molecule has 1 aliphatic rings. The average molecular weight is 442 g/mol. The van der Waals surface area contributed by atoms with Crippen molar-refractivity contribution in [2.45, 2.75) is 86.2 Å². The number of halogens is 1. The van der Waals surface area contributed by atoms with Crippen molar-refractivity contribution in [2.75, 3.05) is 6.54 Å². The molecule has 1 unspecified atom stereocenters. The molecule has 32 heavy (non-hydrogen) atoms. The molecule has 0 spiro atoms. The Bertz CT molecular complexity index is 908. The highest BCUT2D eigenvalue weighted by Crippen LogP contribution is 2.41. The molecule has 176 valence electrons. The number of carbonyl (C=O) groups is 1. The SMILES string of the molecule is CCCC(O)CCNC(=O)c1ccc(/C(F)=C(C)/C=C/C2=C(C)CCCC2(C)C)c(C)c1. The van der Waals surface area contributed by atoms with Gasteiger partial charge in [-0.15, -0.1) is 0 Å². The van der Waals surface area contributed by atoms with Crippen molar-refractivity contribution in [3.63, 3.8) is 0 Å². The van der Waals surface area contributed by atoms with E-state index in [1.54, 1.807) is 25.1 Å². The maximum absolute atomic E-state index is 15.2. The summed E-state index contributed by atoms with van der Waals surface area (Å²) in [7, 11) is 0. The van der Waals surface area contributed by atoms with Gasteiger partial charge in [0.2, 0.25) is 0 Å². The summed E-state index contributed by atoms with van der Waals surface area (Å²) < 4.78 is 15.2. The highest BCUT2D eigenvalue weighted by atomic mass is 19.1. The predicted molar refractivity (Wildman–Crippen MR) is 132 cm³/mol. The van der Waals surface area contributed by atoms with Gasteiger partial charge in [0, 0.05) is 17.7 Å². The smallest absolute Gasteiger partial charge is 0.251 e. The van der Waals surface area contributed by atoms with Gasteiger partial charge in [-0.25, -0.2) is 4.39 Å². The number of benzene rings is 1. The lowest BCUT2D eigenvalue weighted by Gasteiger charge is -2.33. The molecule has 0 saturated heterocycles. The molecule has 2 N–H and O–H groups in total. The Morgan fingerprint density at radius 3 is 2.62 bits per heavy atom. The Balaban J connectivity index is 2.12. The summed E-state index contributed by atoms with van der Waals surface area (Å²) >= 11 is 0. The van der Waals surface area contributed by atoms with Crippen LogP contribution in [0.3, 0.4) is 0 Å². The molecule has 0 bridgehead atoms. The standard InChI is InChI=1S/C28H40FNO2/c1-7-9-23(31)15-17-30-27(32)22-12-13-24(21(4)18-22)26(29)20(3)11-14-25-19(2)10-8-16-28(25,5)6/h11-14,18,23,31H,7-10,15-17H2,1-6H3,(H,30,32)/b14-11+,26-20-. The number of rotatable bonds is 9. The summed E-state index contributed by atoms with van der Waals surface area (Å²) in [6, 6.07) is 5.06. The van der Waals surface area contributed by atoms with Gasteiger partial charge in [0.05, 0.1) is 6.10 Å². The van der Waals surface area contributed by atoms with Gasteiger partial charge >= 0.3 is 0 Å². The number of aryl methyl sites for hydroxylation is 1. The molecular weight excluding hydrogens is 401 g/mol. The van der Waals surface area contributed by atoms with E-state index >= 15 is 4.39 Å². The summed E-state index contributed by atoms with van der Waals surface area (Å²) in [6.45, 7) is 12.7. The second-order valence-electron chi connectivity index (χ2n) is 9.78. The molecule has 0 saturated carbocycles. The lowest BCUT2D eigenvalue weighted by molar-refractivity contribution is 0.0940. The third-order valence-electron chi connectivity index (χ3n) is 6.50. The Labute approximate surface area is 193 Å². The molecule has 4 heteroatoms. The van der Waals surface area contributed by atoms with Gasteiger partial charge in [0.15, 0.2) is 0 Å². The van der Waals surface area contributed by atoms with Crippen LogP contribution in [0.4, 0.5) is 4.39 Å². The average Bonchev–Trinajstić information content (AvgIpc) is 2.72. The van der Waals surface area contributed by atoms with Crippen LogP contribution in [-0.4, -0.2) is 23.7 Å². The van der Waals surface area contributed by atoms with Gasteiger partial charge in [-0.1, -0.05) is 51.0 Å². The predicted octanol–water partition coefficient (Wildman–Crippen LogP) is 7.06. The van der Waals surface area contributed by atoms with Gasteiger partial charge in [-0.2, -0.15) is 0 Å². The third kappa shape index (κ3) is 6.90. The molecule has 1 amide bonds. The van der Waals surface area contributed by atoms with Gasteiger partial charge in [0.25, 0.3) is 5.91 Å². The van der Waals surface area contributed by atoms with Crippen molar-refractivity contribution in [2.24, 2.45) is 5.41 Å². The minimum absolute atomic E-state index is 0.118. The topological polar surface area (TPSA) is 49.3 Å². The first-order valence-electron chi connectivity index (χ1n) is 11.9. The first-order chi connectivity index (χ1) is 15.1. The molecule has 1 atom stereocenters. The van der Waals surface area contributed by atoms with Crippen molar-refractivity contribution in [3.8, 4) is 0 Å². The van der Waals surface area contributed by atoms with E-state index in [1.807, 2.05) is 19.9 Å². The molecule has 1 aromatic rings. The van der Waals surface area contributed by atoms with Gasteiger partial charge in [-0.3, -0.25) is 4.79 Å². The quantitative estimate of drug-likeness (QED) is 0.403.